The number of rotatable bonds is 6. The van der Waals surface area contributed by atoms with Crippen molar-refractivity contribution in [2.24, 2.45) is 5.92 Å². The number of amides is 1. The molecule has 1 aromatic carbocycles. The number of halogens is 1. The molecule has 0 atom stereocenters. The van der Waals surface area contributed by atoms with Gasteiger partial charge in [0.15, 0.2) is 0 Å². The Labute approximate surface area is 152 Å². The monoisotopic (exact) mass is 357 g/mol. The van der Waals surface area contributed by atoms with Crippen LogP contribution in [0.15, 0.2) is 36.5 Å². The maximum atomic E-state index is 12.9. The van der Waals surface area contributed by atoms with Crippen LogP contribution in [0.2, 0.25) is 0 Å². The van der Waals surface area contributed by atoms with E-state index in [1.54, 1.807) is 25.4 Å². The molecule has 1 saturated heterocycles. The van der Waals surface area contributed by atoms with Crippen LogP contribution in [-0.4, -0.2) is 36.0 Å². The third-order valence-corrected chi connectivity index (χ3v) is 4.68. The van der Waals surface area contributed by atoms with Gasteiger partial charge in [-0.2, -0.15) is 4.98 Å². The summed E-state index contributed by atoms with van der Waals surface area (Å²) in [6, 6.07) is 8.11. The van der Waals surface area contributed by atoms with Crippen LogP contribution in [-0.2, 0) is 11.3 Å². The van der Waals surface area contributed by atoms with E-state index in [1.165, 1.54) is 12.1 Å². The lowest BCUT2D eigenvalue weighted by Gasteiger charge is -2.32. The molecule has 1 aliphatic rings. The second-order valence-electron chi connectivity index (χ2n) is 6.53. The molecule has 2 N–H and O–H groups in total. The highest BCUT2D eigenvalue weighted by Crippen LogP contribution is 2.24. The van der Waals surface area contributed by atoms with Crippen molar-refractivity contribution in [1.29, 1.82) is 0 Å². The van der Waals surface area contributed by atoms with E-state index in [0.717, 1.165) is 37.3 Å². The number of piperidine rings is 1. The quantitative estimate of drug-likeness (QED) is 0.832. The van der Waals surface area contributed by atoms with Gasteiger partial charge in [-0.25, -0.2) is 9.37 Å². The maximum absolute atomic E-state index is 12.9. The van der Waals surface area contributed by atoms with Gasteiger partial charge in [0.05, 0.1) is 0 Å². The summed E-state index contributed by atoms with van der Waals surface area (Å²) in [4.78, 5) is 23.0. The molecule has 26 heavy (non-hydrogen) atoms. The van der Waals surface area contributed by atoms with Crippen LogP contribution < -0.4 is 15.5 Å². The predicted octanol–water partition coefficient (Wildman–Crippen LogP) is 2.58. The van der Waals surface area contributed by atoms with Gasteiger partial charge in [-0.15, -0.1) is 0 Å². The van der Waals surface area contributed by atoms with Gasteiger partial charge in [0, 0.05) is 39.3 Å². The molecule has 0 bridgehead atoms. The van der Waals surface area contributed by atoms with E-state index in [4.69, 9.17) is 0 Å². The summed E-state index contributed by atoms with van der Waals surface area (Å²) >= 11 is 0. The van der Waals surface area contributed by atoms with Crippen molar-refractivity contribution >= 4 is 17.7 Å². The minimum Gasteiger partial charge on any atom is -0.357 e. The van der Waals surface area contributed by atoms with Gasteiger partial charge in [-0.3, -0.25) is 4.79 Å². The average molecular weight is 357 g/mol. The standard InChI is InChI=1S/C19H24FN5O/c1-21-19-22-9-6-17(24-19)25-10-7-14(8-11-25)12-18(26)23-13-15-2-4-16(20)5-3-15/h2-6,9,14H,7-8,10-13H2,1H3,(H,23,26)(H,21,22,24). The van der Waals surface area contributed by atoms with E-state index < -0.39 is 0 Å². The number of anilines is 2. The SMILES string of the molecule is CNc1nccc(N2CCC(CC(=O)NCc3ccc(F)cc3)CC2)n1. The predicted molar refractivity (Wildman–Crippen MR) is 99.4 cm³/mol. The maximum Gasteiger partial charge on any atom is 0.224 e. The Morgan fingerprint density at radius 2 is 1.96 bits per heavy atom. The van der Waals surface area contributed by atoms with Crippen molar-refractivity contribution in [2.45, 2.75) is 25.8 Å². The number of benzene rings is 1. The van der Waals surface area contributed by atoms with Gasteiger partial charge in [0.2, 0.25) is 11.9 Å². The molecule has 3 rings (SSSR count). The number of aromatic nitrogens is 2. The summed E-state index contributed by atoms with van der Waals surface area (Å²) in [7, 11) is 1.80. The lowest BCUT2D eigenvalue weighted by molar-refractivity contribution is -0.122. The number of carbonyl (C=O) groups excluding carboxylic acids is 1. The van der Waals surface area contributed by atoms with E-state index in [1.807, 2.05) is 6.07 Å². The average Bonchev–Trinajstić information content (AvgIpc) is 2.68. The summed E-state index contributed by atoms with van der Waals surface area (Å²) in [6.45, 7) is 2.21. The lowest BCUT2D eigenvalue weighted by Crippen LogP contribution is -2.36. The third kappa shape index (κ3) is 4.91. The van der Waals surface area contributed by atoms with Gasteiger partial charge >= 0.3 is 0 Å². The number of carbonyl (C=O) groups is 1. The zero-order valence-corrected chi connectivity index (χ0v) is 14.9. The molecule has 0 saturated carbocycles. The summed E-state index contributed by atoms with van der Waals surface area (Å²) in [6.07, 6.45) is 4.20. The molecule has 7 heteroatoms. The van der Waals surface area contributed by atoms with Crippen molar-refractivity contribution < 1.29 is 9.18 Å². The molecule has 1 aliphatic heterocycles. The van der Waals surface area contributed by atoms with Gasteiger partial charge in [0.25, 0.3) is 0 Å². The third-order valence-electron chi connectivity index (χ3n) is 4.68. The molecule has 0 unspecified atom stereocenters. The van der Waals surface area contributed by atoms with E-state index in [0.29, 0.717) is 24.8 Å². The smallest absolute Gasteiger partial charge is 0.224 e. The molecule has 0 spiro atoms. The molecule has 2 heterocycles. The highest BCUT2D eigenvalue weighted by molar-refractivity contribution is 5.76. The molecule has 1 fully saturated rings. The Morgan fingerprint density at radius 3 is 2.65 bits per heavy atom. The number of nitrogens with zero attached hydrogens (tertiary/aromatic N) is 3. The highest BCUT2D eigenvalue weighted by atomic mass is 19.1. The molecule has 6 nitrogen and oxygen atoms in total. The van der Waals surface area contributed by atoms with Gasteiger partial charge < -0.3 is 15.5 Å². The first-order chi connectivity index (χ1) is 12.6. The first-order valence-corrected chi connectivity index (χ1v) is 8.91. The Hall–Kier alpha value is -2.70. The fourth-order valence-corrected chi connectivity index (χ4v) is 3.15. The van der Waals surface area contributed by atoms with Crippen LogP contribution in [0, 0.1) is 11.7 Å². The van der Waals surface area contributed by atoms with Crippen LogP contribution in [0.3, 0.4) is 0 Å². The molecule has 0 radical (unpaired) electrons. The normalized spacial score (nSPS) is 14.9. The van der Waals surface area contributed by atoms with Gasteiger partial charge in [0.1, 0.15) is 11.6 Å². The van der Waals surface area contributed by atoms with E-state index in [-0.39, 0.29) is 11.7 Å². The largest absolute Gasteiger partial charge is 0.357 e. The molecule has 1 amide bonds. The fourth-order valence-electron chi connectivity index (χ4n) is 3.15. The number of nitrogens with one attached hydrogen (secondary N) is 2. The molecule has 1 aromatic heterocycles. The Bertz CT molecular complexity index is 729. The van der Waals surface area contributed by atoms with Crippen molar-refractivity contribution in [3.8, 4) is 0 Å². The van der Waals surface area contributed by atoms with E-state index >= 15 is 0 Å². The molecule has 138 valence electrons. The molecule has 2 aromatic rings. The zero-order valence-electron chi connectivity index (χ0n) is 14.9. The van der Waals surface area contributed by atoms with Crippen LogP contribution in [0.4, 0.5) is 16.2 Å². The summed E-state index contributed by atoms with van der Waals surface area (Å²) in [5, 5.41) is 5.87. The second-order valence-corrected chi connectivity index (χ2v) is 6.53. The fraction of sp³-hybridized carbons (Fsp3) is 0.421. The van der Waals surface area contributed by atoms with Gasteiger partial charge in [-0.05, 0) is 42.5 Å². The first kappa shape index (κ1) is 18.1. The molecular formula is C19H24FN5O. The van der Waals surface area contributed by atoms with Crippen molar-refractivity contribution in [2.75, 3.05) is 30.4 Å². The Morgan fingerprint density at radius 1 is 1.23 bits per heavy atom. The van der Waals surface area contributed by atoms with Crippen LogP contribution >= 0.6 is 0 Å². The highest BCUT2D eigenvalue weighted by Gasteiger charge is 2.22. The topological polar surface area (TPSA) is 70.2 Å². The minimum atomic E-state index is -0.266. The van der Waals surface area contributed by atoms with Crippen LogP contribution in [0.25, 0.3) is 0 Å². The second kappa shape index (κ2) is 8.60. The van der Waals surface area contributed by atoms with E-state index in [2.05, 4.69) is 25.5 Å². The van der Waals surface area contributed by atoms with E-state index in [9.17, 15) is 9.18 Å². The molecule has 0 aliphatic carbocycles. The zero-order chi connectivity index (χ0) is 18.4. The van der Waals surface area contributed by atoms with Crippen molar-refractivity contribution in [3.63, 3.8) is 0 Å². The Balaban J connectivity index is 1.43. The lowest BCUT2D eigenvalue weighted by atomic mass is 9.93. The summed E-state index contributed by atoms with van der Waals surface area (Å²) in [5.41, 5.74) is 0.902. The minimum absolute atomic E-state index is 0.0484. The Kier molecular flexibility index (Phi) is 5.99. The summed E-state index contributed by atoms with van der Waals surface area (Å²) in [5.74, 6) is 1.70. The first-order valence-electron chi connectivity index (χ1n) is 8.91. The van der Waals surface area contributed by atoms with Gasteiger partial charge in [-0.1, -0.05) is 12.1 Å². The number of hydrogen-bond donors (Lipinski definition) is 2. The van der Waals surface area contributed by atoms with Crippen LogP contribution in [0.1, 0.15) is 24.8 Å². The van der Waals surface area contributed by atoms with Crippen molar-refractivity contribution in [1.82, 2.24) is 15.3 Å². The van der Waals surface area contributed by atoms with Crippen molar-refractivity contribution in [3.05, 3.63) is 47.9 Å². The van der Waals surface area contributed by atoms with Crippen LogP contribution in [0.5, 0.6) is 0 Å². The number of hydrogen-bond acceptors (Lipinski definition) is 5. The summed E-state index contributed by atoms with van der Waals surface area (Å²) < 4.78 is 12.9. The molecular weight excluding hydrogens is 333 g/mol.